The van der Waals surface area contributed by atoms with Crippen molar-refractivity contribution in [1.82, 2.24) is 0 Å². The SMILES string of the molecule is C=CCc1cc(/C=C2/SC(=S)N(c3cccc(C(=O)Nc4ccc(F)cc4)c3)C2=O)cc(OCC)c1O. The fourth-order valence-corrected chi connectivity index (χ4v) is 5.01. The second kappa shape index (κ2) is 11.4. The van der Waals surface area contributed by atoms with Crippen LogP contribution in [0.5, 0.6) is 11.5 Å². The van der Waals surface area contributed by atoms with Crippen molar-refractivity contribution in [3.8, 4) is 11.5 Å². The maximum absolute atomic E-state index is 13.3. The van der Waals surface area contributed by atoms with Crippen LogP contribution in [-0.2, 0) is 11.2 Å². The summed E-state index contributed by atoms with van der Waals surface area (Å²) in [7, 11) is 0. The highest BCUT2D eigenvalue weighted by Gasteiger charge is 2.33. The molecule has 0 bridgehead atoms. The van der Waals surface area contributed by atoms with Crippen LogP contribution in [0, 0.1) is 5.82 Å². The molecule has 6 nitrogen and oxygen atoms in total. The van der Waals surface area contributed by atoms with Crippen molar-refractivity contribution in [3.63, 3.8) is 0 Å². The van der Waals surface area contributed by atoms with Gasteiger partial charge in [-0.1, -0.05) is 36.1 Å². The van der Waals surface area contributed by atoms with E-state index in [1.807, 2.05) is 6.92 Å². The highest BCUT2D eigenvalue weighted by molar-refractivity contribution is 8.27. The lowest BCUT2D eigenvalue weighted by atomic mass is 10.0. The minimum Gasteiger partial charge on any atom is -0.504 e. The van der Waals surface area contributed by atoms with E-state index in [0.29, 0.717) is 56.1 Å². The van der Waals surface area contributed by atoms with Crippen LogP contribution in [-0.4, -0.2) is 27.8 Å². The molecule has 9 heteroatoms. The first-order valence-corrected chi connectivity index (χ1v) is 12.6. The minimum atomic E-state index is -0.406. The number of nitrogens with zero attached hydrogens (tertiary/aromatic N) is 1. The van der Waals surface area contributed by atoms with E-state index in [4.69, 9.17) is 17.0 Å². The van der Waals surface area contributed by atoms with Crippen molar-refractivity contribution >= 4 is 57.6 Å². The lowest BCUT2D eigenvalue weighted by Gasteiger charge is -2.15. The van der Waals surface area contributed by atoms with E-state index in [9.17, 15) is 19.1 Å². The summed E-state index contributed by atoms with van der Waals surface area (Å²) in [5.41, 5.74) is 2.51. The van der Waals surface area contributed by atoms with Crippen molar-refractivity contribution in [2.45, 2.75) is 13.3 Å². The predicted molar refractivity (Wildman–Crippen MR) is 150 cm³/mol. The number of phenols is 1. The highest BCUT2D eigenvalue weighted by atomic mass is 32.2. The van der Waals surface area contributed by atoms with Gasteiger partial charge in [-0.3, -0.25) is 14.5 Å². The number of ether oxygens (including phenoxy) is 1. The quantitative estimate of drug-likeness (QED) is 0.200. The number of nitrogens with one attached hydrogen (secondary N) is 1. The van der Waals surface area contributed by atoms with Crippen LogP contribution in [0.25, 0.3) is 6.08 Å². The third-order valence-electron chi connectivity index (χ3n) is 5.40. The first-order valence-electron chi connectivity index (χ1n) is 11.3. The molecule has 3 aromatic rings. The average Bonchev–Trinajstić information content (AvgIpc) is 3.16. The molecule has 0 unspecified atom stereocenters. The van der Waals surface area contributed by atoms with Crippen molar-refractivity contribution in [3.05, 3.63) is 101 Å². The van der Waals surface area contributed by atoms with Crippen LogP contribution in [0.3, 0.4) is 0 Å². The largest absolute Gasteiger partial charge is 0.504 e. The number of hydrogen-bond acceptors (Lipinski definition) is 6. The van der Waals surface area contributed by atoms with Gasteiger partial charge in [0.1, 0.15) is 5.82 Å². The molecule has 2 N–H and O–H groups in total. The van der Waals surface area contributed by atoms with Gasteiger partial charge in [-0.25, -0.2) is 4.39 Å². The number of thiocarbonyl (C=S) groups is 1. The van der Waals surface area contributed by atoms with Gasteiger partial charge >= 0.3 is 0 Å². The molecule has 0 aromatic heterocycles. The predicted octanol–water partition coefficient (Wildman–Crippen LogP) is 6.32. The standard InChI is InChI=1S/C28H23FN2O4S2/c1-3-6-18-13-17(14-23(25(18)32)35-4-2)15-24-27(34)31(28(36)37-24)22-8-5-7-19(16-22)26(33)30-21-11-9-20(29)10-12-21/h3,5,7-16,32H,1,4,6H2,2H3,(H,30,33)/b24-15+. The second-order valence-corrected chi connectivity index (χ2v) is 9.66. The Bertz CT molecular complexity index is 1420. The Hall–Kier alpha value is -3.95. The van der Waals surface area contributed by atoms with E-state index in [0.717, 1.165) is 11.8 Å². The van der Waals surface area contributed by atoms with E-state index in [2.05, 4.69) is 11.9 Å². The Morgan fingerprint density at radius 3 is 2.68 bits per heavy atom. The topological polar surface area (TPSA) is 78.9 Å². The summed E-state index contributed by atoms with van der Waals surface area (Å²) < 4.78 is 19.0. The summed E-state index contributed by atoms with van der Waals surface area (Å²) in [6.07, 6.45) is 3.80. The van der Waals surface area contributed by atoms with Gasteiger partial charge in [0.25, 0.3) is 11.8 Å². The zero-order valence-electron chi connectivity index (χ0n) is 19.9. The van der Waals surface area contributed by atoms with Gasteiger partial charge < -0.3 is 15.2 Å². The Balaban J connectivity index is 1.60. The molecule has 1 fully saturated rings. The number of anilines is 2. The molecule has 0 spiro atoms. The number of thioether (sulfide) groups is 1. The van der Waals surface area contributed by atoms with Crippen LogP contribution >= 0.6 is 24.0 Å². The van der Waals surface area contributed by atoms with Gasteiger partial charge in [0.05, 0.1) is 17.2 Å². The molecule has 1 heterocycles. The van der Waals surface area contributed by atoms with Crippen molar-refractivity contribution in [2.24, 2.45) is 0 Å². The van der Waals surface area contributed by atoms with E-state index < -0.39 is 11.7 Å². The number of hydrogen-bond donors (Lipinski definition) is 2. The first-order chi connectivity index (χ1) is 17.8. The van der Waals surface area contributed by atoms with Gasteiger partial charge in [-0.05, 0) is 79.6 Å². The monoisotopic (exact) mass is 534 g/mol. The normalized spacial score (nSPS) is 14.2. The molecule has 0 saturated carbocycles. The minimum absolute atomic E-state index is 0.0437. The molecule has 0 radical (unpaired) electrons. The Morgan fingerprint density at radius 1 is 1.22 bits per heavy atom. The molecule has 1 aliphatic rings. The molecule has 2 amide bonds. The fraction of sp³-hybridized carbons (Fsp3) is 0.107. The number of benzene rings is 3. The lowest BCUT2D eigenvalue weighted by Crippen LogP contribution is -2.27. The number of carbonyl (C=O) groups excluding carboxylic acids is 2. The molecule has 1 aliphatic heterocycles. The lowest BCUT2D eigenvalue weighted by molar-refractivity contribution is -0.113. The third kappa shape index (κ3) is 5.90. The molecule has 0 aliphatic carbocycles. The first kappa shape index (κ1) is 26.1. The Kier molecular flexibility index (Phi) is 8.05. The zero-order chi connectivity index (χ0) is 26.5. The Labute approximate surface area is 223 Å². The molecule has 1 saturated heterocycles. The Morgan fingerprint density at radius 2 is 1.97 bits per heavy atom. The van der Waals surface area contributed by atoms with Gasteiger partial charge in [0.15, 0.2) is 15.8 Å². The van der Waals surface area contributed by atoms with E-state index in [1.54, 1.807) is 48.6 Å². The zero-order valence-corrected chi connectivity index (χ0v) is 21.5. The average molecular weight is 535 g/mol. The summed E-state index contributed by atoms with van der Waals surface area (Å²) in [5.74, 6) is -0.773. The number of amides is 2. The van der Waals surface area contributed by atoms with E-state index in [-0.39, 0.29) is 11.7 Å². The second-order valence-electron chi connectivity index (χ2n) is 7.98. The summed E-state index contributed by atoms with van der Waals surface area (Å²) in [5, 5.41) is 13.2. The molecular weight excluding hydrogens is 511 g/mol. The van der Waals surface area contributed by atoms with Crippen LogP contribution in [0.4, 0.5) is 15.8 Å². The number of rotatable bonds is 8. The van der Waals surface area contributed by atoms with Gasteiger partial charge in [0, 0.05) is 16.8 Å². The fourth-order valence-electron chi connectivity index (χ4n) is 3.71. The van der Waals surface area contributed by atoms with E-state index in [1.165, 1.54) is 29.2 Å². The summed E-state index contributed by atoms with van der Waals surface area (Å²) in [6, 6.07) is 15.4. The van der Waals surface area contributed by atoms with Crippen molar-refractivity contribution < 1.29 is 23.8 Å². The molecule has 3 aromatic carbocycles. The molecule has 4 rings (SSSR count). The summed E-state index contributed by atoms with van der Waals surface area (Å²) >= 11 is 6.63. The van der Waals surface area contributed by atoms with Gasteiger partial charge in [-0.2, -0.15) is 0 Å². The smallest absolute Gasteiger partial charge is 0.270 e. The van der Waals surface area contributed by atoms with Crippen LogP contribution < -0.4 is 15.0 Å². The van der Waals surface area contributed by atoms with Gasteiger partial charge in [-0.15, -0.1) is 6.58 Å². The number of aromatic hydroxyl groups is 1. The third-order valence-corrected chi connectivity index (χ3v) is 6.70. The maximum atomic E-state index is 13.3. The van der Waals surface area contributed by atoms with Crippen molar-refractivity contribution in [2.75, 3.05) is 16.8 Å². The molecule has 0 atom stereocenters. The van der Waals surface area contributed by atoms with Crippen LogP contribution in [0.15, 0.2) is 78.2 Å². The number of carbonyl (C=O) groups is 2. The molecular formula is C28H23FN2O4S2. The number of allylic oxidation sites excluding steroid dienone is 1. The molecule has 37 heavy (non-hydrogen) atoms. The molecule has 188 valence electrons. The van der Waals surface area contributed by atoms with Crippen LogP contribution in [0.2, 0.25) is 0 Å². The summed E-state index contributed by atoms with van der Waals surface area (Å²) in [4.78, 5) is 27.8. The van der Waals surface area contributed by atoms with Gasteiger partial charge in [0.2, 0.25) is 0 Å². The number of halogens is 1. The van der Waals surface area contributed by atoms with Crippen molar-refractivity contribution in [1.29, 1.82) is 0 Å². The van der Waals surface area contributed by atoms with E-state index >= 15 is 0 Å². The maximum Gasteiger partial charge on any atom is 0.270 e. The highest BCUT2D eigenvalue weighted by Crippen LogP contribution is 2.38. The van der Waals surface area contributed by atoms with Crippen LogP contribution in [0.1, 0.15) is 28.4 Å². The number of phenolic OH excluding ortho intramolecular Hbond substituents is 1. The summed E-state index contributed by atoms with van der Waals surface area (Å²) in [6.45, 7) is 5.92.